The number of thiophene rings is 1. The average molecular weight is 260 g/mol. The molecule has 0 bridgehead atoms. The summed E-state index contributed by atoms with van der Waals surface area (Å²) in [5.74, 6) is 0.716. The minimum atomic E-state index is 0.176. The van der Waals surface area contributed by atoms with E-state index in [0.717, 1.165) is 24.5 Å². The number of nitrogens with one attached hydrogen (secondary N) is 1. The zero-order chi connectivity index (χ0) is 12.2. The van der Waals surface area contributed by atoms with Crippen LogP contribution in [0, 0.1) is 5.92 Å². The Balaban J connectivity index is 2.43. The van der Waals surface area contributed by atoms with Crippen molar-refractivity contribution in [2.24, 2.45) is 5.92 Å². The van der Waals surface area contributed by atoms with Crippen LogP contribution in [0.1, 0.15) is 39.0 Å². The fourth-order valence-electron chi connectivity index (χ4n) is 1.68. The molecule has 1 rings (SSSR count). The van der Waals surface area contributed by atoms with Crippen molar-refractivity contribution < 1.29 is 0 Å². The largest absolute Gasteiger partial charge is 0.316 e. The van der Waals surface area contributed by atoms with E-state index in [0.29, 0.717) is 5.92 Å². The van der Waals surface area contributed by atoms with E-state index in [1.165, 1.54) is 4.88 Å². The molecular formula is C13H22ClNS. The van der Waals surface area contributed by atoms with Crippen molar-refractivity contribution in [2.75, 3.05) is 13.1 Å². The minimum Gasteiger partial charge on any atom is -0.316 e. The first-order valence-corrected chi connectivity index (χ1v) is 7.13. The van der Waals surface area contributed by atoms with Crippen LogP contribution < -0.4 is 5.32 Å². The Morgan fingerprint density at radius 3 is 2.62 bits per heavy atom. The summed E-state index contributed by atoms with van der Waals surface area (Å²) in [5, 5.41) is 6.47. The van der Waals surface area contributed by atoms with Crippen LogP contribution in [0.2, 0.25) is 5.02 Å². The molecular weight excluding hydrogens is 238 g/mol. The van der Waals surface area contributed by atoms with Crippen LogP contribution in [0.3, 0.4) is 0 Å². The predicted molar refractivity (Wildman–Crippen MR) is 74.7 cm³/mol. The van der Waals surface area contributed by atoms with E-state index in [1.807, 2.05) is 6.07 Å². The highest BCUT2D eigenvalue weighted by molar-refractivity contribution is 7.10. The van der Waals surface area contributed by atoms with Gasteiger partial charge in [0.1, 0.15) is 0 Å². The fourth-order valence-corrected chi connectivity index (χ4v) is 3.15. The lowest BCUT2D eigenvalue weighted by Crippen LogP contribution is -2.27. The molecule has 1 aromatic rings. The van der Waals surface area contributed by atoms with Gasteiger partial charge in [0, 0.05) is 10.3 Å². The maximum absolute atomic E-state index is 6.18. The van der Waals surface area contributed by atoms with Crippen LogP contribution in [0.15, 0.2) is 11.4 Å². The maximum atomic E-state index is 6.18. The van der Waals surface area contributed by atoms with E-state index in [-0.39, 0.29) is 5.41 Å². The molecule has 0 atom stereocenters. The van der Waals surface area contributed by atoms with E-state index in [4.69, 9.17) is 11.6 Å². The molecule has 0 spiro atoms. The number of hydrogen-bond donors (Lipinski definition) is 1. The second kappa shape index (κ2) is 6.04. The van der Waals surface area contributed by atoms with Crippen molar-refractivity contribution in [2.45, 2.75) is 39.5 Å². The van der Waals surface area contributed by atoms with E-state index in [9.17, 15) is 0 Å². The zero-order valence-electron chi connectivity index (χ0n) is 10.6. The average Bonchev–Trinajstić information content (AvgIpc) is 2.59. The Bertz CT molecular complexity index is 317. The van der Waals surface area contributed by atoms with Gasteiger partial charge in [0.15, 0.2) is 0 Å². The third kappa shape index (κ3) is 4.08. The summed E-state index contributed by atoms with van der Waals surface area (Å²) in [4.78, 5) is 1.31. The first-order valence-electron chi connectivity index (χ1n) is 5.87. The molecule has 0 aliphatic carbocycles. The molecule has 0 fully saturated rings. The Kier molecular flexibility index (Phi) is 5.29. The van der Waals surface area contributed by atoms with Gasteiger partial charge in [-0.25, -0.2) is 0 Å². The summed E-state index contributed by atoms with van der Waals surface area (Å²) in [6.07, 6.45) is 1.12. The zero-order valence-corrected chi connectivity index (χ0v) is 12.2. The van der Waals surface area contributed by atoms with Gasteiger partial charge in [0.2, 0.25) is 0 Å². The molecule has 0 saturated heterocycles. The van der Waals surface area contributed by atoms with Crippen molar-refractivity contribution in [3.05, 3.63) is 21.3 Å². The highest BCUT2D eigenvalue weighted by Crippen LogP contribution is 2.36. The van der Waals surface area contributed by atoms with E-state index in [2.05, 4.69) is 38.4 Å². The van der Waals surface area contributed by atoms with Crippen molar-refractivity contribution in [1.82, 2.24) is 5.32 Å². The molecule has 0 aromatic carbocycles. The van der Waals surface area contributed by atoms with E-state index >= 15 is 0 Å². The fraction of sp³-hybridized carbons (Fsp3) is 0.692. The van der Waals surface area contributed by atoms with E-state index in [1.54, 1.807) is 11.3 Å². The molecule has 0 radical (unpaired) electrons. The Morgan fingerprint density at radius 2 is 2.12 bits per heavy atom. The van der Waals surface area contributed by atoms with Crippen molar-refractivity contribution in [3.8, 4) is 0 Å². The summed E-state index contributed by atoms with van der Waals surface area (Å²) in [7, 11) is 0. The van der Waals surface area contributed by atoms with Crippen LogP contribution in [-0.4, -0.2) is 13.1 Å². The second-order valence-electron chi connectivity index (χ2n) is 5.33. The minimum absolute atomic E-state index is 0.176. The Morgan fingerprint density at radius 1 is 1.44 bits per heavy atom. The summed E-state index contributed by atoms with van der Waals surface area (Å²) in [6.45, 7) is 11.1. The van der Waals surface area contributed by atoms with Crippen LogP contribution >= 0.6 is 22.9 Å². The second-order valence-corrected chi connectivity index (χ2v) is 6.65. The number of hydrogen-bond acceptors (Lipinski definition) is 2. The Hall–Kier alpha value is -0.0500. The highest BCUT2D eigenvalue weighted by atomic mass is 35.5. The van der Waals surface area contributed by atoms with Gasteiger partial charge in [0.25, 0.3) is 0 Å². The van der Waals surface area contributed by atoms with Crippen LogP contribution in [0.5, 0.6) is 0 Å². The lowest BCUT2D eigenvalue weighted by atomic mass is 9.87. The highest BCUT2D eigenvalue weighted by Gasteiger charge is 2.23. The lowest BCUT2D eigenvalue weighted by molar-refractivity contribution is 0.448. The molecule has 16 heavy (non-hydrogen) atoms. The standard InChI is InChI=1S/C13H22ClNS/c1-10(2)9-15-7-6-13(3,4)12-11(14)5-8-16-12/h5,8,10,15H,6-7,9H2,1-4H3. The van der Waals surface area contributed by atoms with Gasteiger partial charge in [-0.1, -0.05) is 39.3 Å². The smallest absolute Gasteiger partial charge is 0.0550 e. The Labute approximate surface area is 108 Å². The topological polar surface area (TPSA) is 12.0 Å². The van der Waals surface area contributed by atoms with Gasteiger partial charge in [0.05, 0.1) is 5.02 Å². The SMILES string of the molecule is CC(C)CNCCC(C)(C)c1sccc1Cl. The predicted octanol–water partition coefficient (Wildman–Crippen LogP) is 4.31. The van der Waals surface area contributed by atoms with E-state index < -0.39 is 0 Å². The summed E-state index contributed by atoms with van der Waals surface area (Å²) < 4.78 is 0. The number of halogens is 1. The first-order chi connectivity index (χ1) is 7.43. The molecule has 0 aliphatic rings. The van der Waals surface area contributed by atoms with Gasteiger partial charge in [-0.15, -0.1) is 11.3 Å². The van der Waals surface area contributed by atoms with Gasteiger partial charge < -0.3 is 5.32 Å². The molecule has 1 N–H and O–H groups in total. The van der Waals surface area contributed by atoms with Gasteiger partial charge in [-0.05, 0) is 36.9 Å². The lowest BCUT2D eigenvalue weighted by Gasteiger charge is -2.24. The molecule has 92 valence electrons. The van der Waals surface area contributed by atoms with Gasteiger partial charge in [-0.2, -0.15) is 0 Å². The molecule has 1 aromatic heterocycles. The molecule has 0 saturated carbocycles. The van der Waals surface area contributed by atoms with Crippen LogP contribution in [0.25, 0.3) is 0 Å². The number of rotatable bonds is 6. The summed E-state index contributed by atoms with van der Waals surface area (Å²) in [6, 6.07) is 1.99. The van der Waals surface area contributed by atoms with Crippen LogP contribution in [-0.2, 0) is 5.41 Å². The molecule has 1 nitrogen and oxygen atoms in total. The molecule has 3 heteroatoms. The molecule has 0 unspecified atom stereocenters. The maximum Gasteiger partial charge on any atom is 0.0550 e. The summed E-state index contributed by atoms with van der Waals surface area (Å²) in [5.41, 5.74) is 0.176. The molecule has 0 aliphatic heterocycles. The monoisotopic (exact) mass is 259 g/mol. The third-order valence-corrected chi connectivity index (χ3v) is 4.42. The van der Waals surface area contributed by atoms with Crippen molar-refractivity contribution >= 4 is 22.9 Å². The van der Waals surface area contributed by atoms with Gasteiger partial charge in [-0.3, -0.25) is 0 Å². The van der Waals surface area contributed by atoms with Crippen molar-refractivity contribution in [1.29, 1.82) is 0 Å². The van der Waals surface area contributed by atoms with Crippen molar-refractivity contribution in [3.63, 3.8) is 0 Å². The summed E-state index contributed by atoms with van der Waals surface area (Å²) >= 11 is 7.94. The molecule has 0 amide bonds. The molecule has 1 heterocycles. The van der Waals surface area contributed by atoms with Gasteiger partial charge >= 0.3 is 0 Å². The first kappa shape index (κ1) is 14.0. The van der Waals surface area contributed by atoms with Crippen LogP contribution in [0.4, 0.5) is 0 Å². The normalized spacial score (nSPS) is 12.4. The third-order valence-electron chi connectivity index (χ3n) is 2.71. The quantitative estimate of drug-likeness (QED) is 0.751.